The molecule has 6 heteroatoms. The zero-order valence-corrected chi connectivity index (χ0v) is 17.3. The van der Waals surface area contributed by atoms with Gasteiger partial charge in [0.05, 0.1) is 25.3 Å². The van der Waals surface area contributed by atoms with Crippen molar-refractivity contribution in [3.8, 4) is 5.75 Å². The number of benzene rings is 1. The van der Waals surface area contributed by atoms with Crippen LogP contribution in [-0.2, 0) is 4.74 Å². The Hall–Kier alpha value is -1.79. The molecule has 1 heterocycles. The summed E-state index contributed by atoms with van der Waals surface area (Å²) in [7, 11) is 0. The fraction of sp³-hybridized carbons (Fsp3) is 0.667. The van der Waals surface area contributed by atoms with Gasteiger partial charge in [0.15, 0.2) is 5.96 Å². The van der Waals surface area contributed by atoms with Gasteiger partial charge in [-0.3, -0.25) is 4.99 Å². The van der Waals surface area contributed by atoms with Gasteiger partial charge in [0, 0.05) is 25.1 Å². The summed E-state index contributed by atoms with van der Waals surface area (Å²) in [5.74, 6) is 2.05. The molecular formula is C21H35N3O3. The Kier molecular flexibility index (Phi) is 7.92. The van der Waals surface area contributed by atoms with E-state index in [1.165, 1.54) is 0 Å². The molecule has 2 atom stereocenters. The van der Waals surface area contributed by atoms with Gasteiger partial charge < -0.3 is 25.2 Å². The summed E-state index contributed by atoms with van der Waals surface area (Å²) in [6.45, 7) is 12.4. The molecule has 2 unspecified atom stereocenters. The van der Waals surface area contributed by atoms with E-state index in [2.05, 4.69) is 49.4 Å². The number of rotatable bonds is 8. The largest absolute Gasteiger partial charge is 0.487 e. The number of nitrogens with zero attached hydrogens (tertiary/aromatic N) is 1. The smallest absolute Gasteiger partial charge is 0.191 e. The van der Waals surface area contributed by atoms with Crippen LogP contribution in [0.5, 0.6) is 5.75 Å². The molecule has 0 fully saturated rings. The van der Waals surface area contributed by atoms with Gasteiger partial charge in [-0.1, -0.05) is 32.0 Å². The number of para-hydroxylation sites is 1. The number of guanidine groups is 1. The summed E-state index contributed by atoms with van der Waals surface area (Å²) in [5, 5.41) is 16.9. The van der Waals surface area contributed by atoms with Gasteiger partial charge in [0.2, 0.25) is 0 Å². The summed E-state index contributed by atoms with van der Waals surface area (Å²) < 4.78 is 11.6. The van der Waals surface area contributed by atoms with Gasteiger partial charge in [-0.25, -0.2) is 0 Å². The molecule has 152 valence electrons. The maximum Gasteiger partial charge on any atom is 0.191 e. The Balaban J connectivity index is 2.02. The molecule has 3 N–H and O–H groups in total. The fourth-order valence-electron chi connectivity index (χ4n) is 3.11. The van der Waals surface area contributed by atoms with Crippen molar-refractivity contribution in [3.63, 3.8) is 0 Å². The monoisotopic (exact) mass is 377 g/mol. The average molecular weight is 378 g/mol. The van der Waals surface area contributed by atoms with Crippen LogP contribution in [0.2, 0.25) is 0 Å². The molecule has 0 saturated carbocycles. The van der Waals surface area contributed by atoms with Gasteiger partial charge in [0.1, 0.15) is 11.4 Å². The molecule has 1 aliphatic rings. The second-order valence-corrected chi connectivity index (χ2v) is 8.11. The maximum absolute atomic E-state index is 10.1. The first-order chi connectivity index (χ1) is 12.8. The van der Waals surface area contributed by atoms with Crippen LogP contribution in [0.4, 0.5) is 0 Å². The number of fused-ring (bicyclic) bond motifs is 1. The fourth-order valence-corrected chi connectivity index (χ4v) is 3.11. The standard InChI is InChI=1S/C21H35N3O3/c1-6-22-20(23-12-16(25)14-26-13-15(2)3)24-18-11-21(4,5)27-19-10-8-7-9-17(18)19/h7-10,15-16,18,25H,6,11-14H2,1-5H3,(H2,22,23,24). The Morgan fingerprint density at radius 1 is 1.33 bits per heavy atom. The van der Waals surface area contributed by atoms with Gasteiger partial charge in [-0.05, 0) is 32.8 Å². The highest BCUT2D eigenvalue weighted by atomic mass is 16.5. The van der Waals surface area contributed by atoms with Crippen molar-refractivity contribution >= 4 is 5.96 Å². The lowest BCUT2D eigenvalue weighted by molar-refractivity contribution is 0.0301. The van der Waals surface area contributed by atoms with Crippen LogP contribution in [0.25, 0.3) is 0 Å². The molecule has 0 bridgehead atoms. The van der Waals surface area contributed by atoms with E-state index in [-0.39, 0.29) is 11.6 Å². The van der Waals surface area contributed by atoms with Gasteiger partial charge in [-0.2, -0.15) is 0 Å². The number of hydrogen-bond donors (Lipinski definition) is 3. The molecule has 0 aromatic heterocycles. The van der Waals surface area contributed by atoms with Crippen molar-refractivity contribution < 1.29 is 14.6 Å². The predicted molar refractivity (Wildman–Crippen MR) is 109 cm³/mol. The van der Waals surface area contributed by atoms with Crippen molar-refractivity contribution in [2.75, 3.05) is 26.3 Å². The van der Waals surface area contributed by atoms with Crippen LogP contribution < -0.4 is 15.4 Å². The molecule has 1 aliphatic heterocycles. The lowest BCUT2D eigenvalue weighted by Gasteiger charge is -2.38. The number of ether oxygens (including phenoxy) is 2. The molecule has 0 amide bonds. The minimum Gasteiger partial charge on any atom is -0.487 e. The van der Waals surface area contributed by atoms with Gasteiger partial charge in [0.25, 0.3) is 0 Å². The van der Waals surface area contributed by atoms with Crippen LogP contribution >= 0.6 is 0 Å². The first kappa shape index (κ1) is 21.5. The molecule has 0 spiro atoms. The molecule has 0 aliphatic carbocycles. The van der Waals surface area contributed by atoms with Crippen molar-refractivity contribution in [1.82, 2.24) is 10.6 Å². The molecule has 2 rings (SSSR count). The maximum atomic E-state index is 10.1. The summed E-state index contributed by atoms with van der Waals surface area (Å²) >= 11 is 0. The minimum atomic E-state index is -0.613. The highest BCUT2D eigenvalue weighted by Crippen LogP contribution is 2.39. The summed E-state index contributed by atoms with van der Waals surface area (Å²) in [5.41, 5.74) is 0.872. The molecule has 0 saturated heterocycles. The van der Waals surface area contributed by atoms with E-state index in [0.717, 1.165) is 24.3 Å². The molecule has 1 aromatic rings. The van der Waals surface area contributed by atoms with Gasteiger partial charge in [-0.15, -0.1) is 0 Å². The van der Waals surface area contributed by atoms with Crippen molar-refractivity contribution in [3.05, 3.63) is 29.8 Å². The van der Waals surface area contributed by atoms with Crippen LogP contribution in [0.1, 0.15) is 52.6 Å². The Morgan fingerprint density at radius 3 is 2.78 bits per heavy atom. The van der Waals surface area contributed by atoms with Crippen LogP contribution in [-0.4, -0.2) is 49.1 Å². The zero-order valence-electron chi connectivity index (χ0n) is 17.3. The van der Waals surface area contributed by atoms with E-state index in [1.807, 2.05) is 25.1 Å². The average Bonchev–Trinajstić information content (AvgIpc) is 2.58. The topological polar surface area (TPSA) is 75.1 Å². The molecule has 0 radical (unpaired) electrons. The third-order valence-corrected chi connectivity index (χ3v) is 4.25. The second kappa shape index (κ2) is 9.95. The van der Waals surface area contributed by atoms with Crippen molar-refractivity contribution in [2.45, 2.75) is 58.8 Å². The SMILES string of the molecule is CCNC(=NCC(O)COCC(C)C)NC1CC(C)(C)Oc2ccccc21. The van der Waals surface area contributed by atoms with E-state index >= 15 is 0 Å². The minimum absolute atomic E-state index is 0.0945. The van der Waals surface area contributed by atoms with Crippen LogP contribution in [0.3, 0.4) is 0 Å². The lowest BCUT2D eigenvalue weighted by Crippen LogP contribution is -2.45. The van der Waals surface area contributed by atoms with Crippen LogP contribution in [0.15, 0.2) is 29.3 Å². The third-order valence-electron chi connectivity index (χ3n) is 4.25. The van der Waals surface area contributed by atoms with E-state index < -0.39 is 6.10 Å². The number of nitrogens with one attached hydrogen (secondary N) is 2. The number of hydrogen-bond acceptors (Lipinski definition) is 4. The Morgan fingerprint density at radius 2 is 2.07 bits per heavy atom. The van der Waals surface area contributed by atoms with E-state index in [9.17, 15) is 5.11 Å². The Bertz CT molecular complexity index is 616. The van der Waals surface area contributed by atoms with E-state index in [0.29, 0.717) is 31.6 Å². The molecule has 27 heavy (non-hydrogen) atoms. The molecule has 1 aromatic carbocycles. The highest BCUT2D eigenvalue weighted by Gasteiger charge is 2.33. The summed E-state index contributed by atoms with van der Waals surface area (Å²) in [6.07, 6.45) is 0.215. The first-order valence-corrected chi connectivity index (χ1v) is 9.89. The van der Waals surface area contributed by atoms with E-state index in [4.69, 9.17) is 9.47 Å². The van der Waals surface area contributed by atoms with E-state index in [1.54, 1.807) is 0 Å². The molecular weight excluding hydrogens is 342 g/mol. The second-order valence-electron chi connectivity index (χ2n) is 8.11. The quantitative estimate of drug-likeness (QED) is 0.480. The normalized spacial score (nSPS) is 20.0. The summed E-state index contributed by atoms with van der Waals surface area (Å²) in [6, 6.07) is 8.20. The number of aliphatic hydroxyl groups excluding tert-OH is 1. The zero-order chi connectivity index (χ0) is 19.9. The Labute approximate surface area is 163 Å². The molecule has 6 nitrogen and oxygen atoms in total. The van der Waals surface area contributed by atoms with Crippen molar-refractivity contribution in [2.24, 2.45) is 10.9 Å². The van der Waals surface area contributed by atoms with Gasteiger partial charge >= 0.3 is 0 Å². The lowest BCUT2D eigenvalue weighted by atomic mass is 9.90. The first-order valence-electron chi connectivity index (χ1n) is 9.89. The predicted octanol–water partition coefficient (Wildman–Crippen LogP) is 2.88. The van der Waals surface area contributed by atoms with Crippen LogP contribution in [0, 0.1) is 5.92 Å². The summed E-state index contributed by atoms with van der Waals surface area (Å²) in [4.78, 5) is 4.55. The highest BCUT2D eigenvalue weighted by molar-refractivity contribution is 5.80. The van der Waals surface area contributed by atoms with Crippen molar-refractivity contribution in [1.29, 1.82) is 0 Å². The number of aliphatic imine (C=N–C) groups is 1. The number of aliphatic hydroxyl groups is 1. The third kappa shape index (κ3) is 7.03.